The molecule has 1 spiro atoms. The molecule has 0 amide bonds. The maximum Gasteiger partial charge on any atom is 0.311 e. The van der Waals surface area contributed by atoms with Crippen LogP contribution in [0.2, 0.25) is 0 Å². The summed E-state index contributed by atoms with van der Waals surface area (Å²) in [5.74, 6) is 1.38. The van der Waals surface area contributed by atoms with Crippen LogP contribution in [0, 0.1) is 23.7 Å². The molecule has 37 heavy (non-hydrogen) atoms. The molecule has 3 saturated heterocycles. The van der Waals surface area contributed by atoms with E-state index < -0.39 is 0 Å². The predicted octanol–water partition coefficient (Wildman–Crippen LogP) is 4.92. The van der Waals surface area contributed by atoms with Crippen LogP contribution in [0.4, 0.5) is 0 Å². The SMILES string of the molecule is C[C@H]1CC[C@@H]2[C@@H](CN3CCN(C(c4ccccc4)c4ccccc4)CC3)C(=O)O[C@@]23[C@H]1CC[C@]1(C)O[C@@H]31. The summed E-state index contributed by atoms with van der Waals surface area (Å²) in [5, 5.41) is 0. The number of carbonyl (C=O) groups is 1. The zero-order chi connectivity index (χ0) is 25.2. The molecule has 2 saturated carbocycles. The molecule has 3 aliphatic heterocycles. The smallest absolute Gasteiger partial charge is 0.311 e. The molecule has 5 fully saturated rings. The number of piperazine rings is 1. The highest BCUT2D eigenvalue weighted by atomic mass is 16.7. The van der Waals surface area contributed by atoms with Gasteiger partial charge in [0.25, 0.3) is 0 Å². The van der Waals surface area contributed by atoms with Crippen molar-refractivity contribution < 1.29 is 14.3 Å². The second-order valence-corrected chi connectivity index (χ2v) is 12.6. The van der Waals surface area contributed by atoms with Crippen molar-refractivity contribution in [1.29, 1.82) is 0 Å². The minimum atomic E-state index is -0.375. The summed E-state index contributed by atoms with van der Waals surface area (Å²) in [7, 11) is 0. The van der Waals surface area contributed by atoms with Gasteiger partial charge in [0.2, 0.25) is 0 Å². The van der Waals surface area contributed by atoms with Gasteiger partial charge in [-0.3, -0.25) is 14.6 Å². The lowest BCUT2D eigenvalue weighted by Gasteiger charge is -2.50. The van der Waals surface area contributed by atoms with Crippen molar-refractivity contribution in [2.45, 2.75) is 62.9 Å². The fourth-order valence-electron chi connectivity index (χ4n) is 8.63. The summed E-state index contributed by atoms with van der Waals surface area (Å²) in [6, 6.07) is 22.0. The maximum atomic E-state index is 13.5. The third-order valence-electron chi connectivity index (χ3n) is 10.5. The number of nitrogens with zero attached hydrogens (tertiary/aromatic N) is 2. The molecule has 5 heteroatoms. The van der Waals surface area contributed by atoms with Crippen LogP contribution in [0.3, 0.4) is 0 Å². The molecule has 0 unspecified atom stereocenters. The van der Waals surface area contributed by atoms with Crippen molar-refractivity contribution in [3.8, 4) is 0 Å². The number of esters is 1. The first-order chi connectivity index (χ1) is 18.0. The summed E-state index contributed by atoms with van der Waals surface area (Å²) in [5.41, 5.74) is 2.24. The summed E-state index contributed by atoms with van der Waals surface area (Å²) in [6.07, 6.45) is 4.64. The first kappa shape index (κ1) is 23.9. The Balaban J connectivity index is 1.07. The molecule has 196 valence electrons. The largest absolute Gasteiger partial charge is 0.455 e. The highest BCUT2D eigenvalue weighted by Crippen LogP contribution is 2.66. The molecule has 0 radical (unpaired) electrons. The van der Waals surface area contributed by atoms with Crippen molar-refractivity contribution in [2.24, 2.45) is 23.7 Å². The summed E-state index contributed by atoms with van der Waals surface area (Å²) >= 11 is 0. The van der Waals surface area contributed by atoms with Crippen LogP contribution < -0.4 is 0 Å². The zero-order valence-corrected chi connectivity index (χ0v) is 22.2. The number of ether oxygens (including phenoxy) is 2. The van der Waals surface area contributed by atoms with Gasteiger partial charge in [0.1, 0.15) is 11.7 Å². The van der Waals surface area contributed by atoms with Crippen molar-refractivity contribution in [2.75, 3.05) is 32.7 Å². The van der Waals surface area contributed by atoms with Gasteiger partial charge in [0.15, 0.2) is 0 Å². The van der Waals surface area contributed by atoms with Crippen LogP contribution in [0.15, 0.2) is 60.7 Å². The molecule has 7 atom stereocenters. The van der Waals surface area contributed by atoms with E-state index in [1.807, 2.05) is 0 Å². The van der Waals surface area contributed by atoms with Crippen LogP contribution >= 0.6 is 0 Å². The summed E-state index contributed by atoms with van der Waals surface area (Å²) in [4.78, 5) is 18.6. The zero-order valence-electron chi connectivity index (χ0n) is 22.2. The standard InChI is InChI=1S/C32H40N2O3/c1-22-13-14-27-25(29(35)36-32(27)26(22)15-16-31(2)30(32)37-31)21-33-17-19-34(20-18-33)28(23-9-5-3-6-10-23)24-11-7-4-8-12-24/h3-12,22,25-28,30H,13-21H2,1-2H3/t22-,25+,26-,27+,30+,31-,32-/m0/s1. The van der Waals surface area contributed by atoms with Gasteiger partial charge in [0, 0.05) is 44.6 Å². The number of epoxide rings is 1. The maximum absolute atomic E-state index is 13.5. The van der Waals surface area contributed by atoms with Crippen LogP contribution in [0.5, 0.6) is 0 Å². The van der Waals surface area contributed by atoms with Crippen molar-refractivity contribution >= 4 is 5.97 Å². The first-order valence-corrected chi connectivity index (χ1v) is 14.5. The van der Waals surface area contributed by atoms with Gasteiger partial charge in [-0.25, -0.2) is 0 Å². The minimum Gasteiger partial charge on any atom is -0.455 e. The molecule has 0 N–H and O–H groups in total. The number of hydrogen-bond acceptors (Lipinski definition) is 5. The van der Waals surface area contributed by atoms with Gasteiger partial charge in [-0.15, -0.1) is 0 Å². The Hall–Kier alpha value is -2.21. The van der Waals surface area contributed by atoms with Crippen LogP contribution in [-0.2, 0) is 14.3 Å². The number of benzene rings is 2. The number of rotatable bonds is 5. The van der Waals surface area contributed by atoms with Crippen molar-refractivity contribution in [3.05, 3.63) is 71.8 Å². The van der Waals surface area contributed by atoms with E-state index in [2.05, 4.69) is 84.3 Å². The monoisotopic (exact) mass is 500 g/mol. The van der Waals surface area contributed by atoms with E-state index in [-0.39, 0.29) is 35.2 Å². The minimum absolute atomic E-state index is 0.0212. The molecule has 2 aromatic carbocycles. The second kappa shape index (κ2) is 8.93. The van der Waals surface area contributed by atoms with Crippen LogP contribution in [-0.4, -0.2) is 65.8 Å². The normalized spacial score (nSPS) is 39.5. The third-order valence-corrected chi connectivity index (χ3v) is 10.5. The number of fused-ring (bicyclic) bond motifs is 1. The average Bonchev–Trinajstić information content (AvgIpc) is 3.55. The van der Waals surface area contributed by atoms with E-state index in [0.717, 1.165) is 52.0 Å². The Kier molecular flexibility index (Phi) is 5.76. The van der Waals surface area contributed by atoms with Gasteiger partial charge in [-0.1, -0.05) is 67.6 Å². The molecular formula is C32H40N2O3. The predicted molar refractivity (Wildman–Crippen MR) is 143 cm³/mol. The Labute approximate surface area is 221 Å². The van der Waals surface area contributed by atoms with Gasteiger partial charge in [-0.2, -0.15) is 0 Å². The van der Waals surface area contributed by atoms with Gasteiger partial charge < -0.3 is 9.47 Å². The van der Waals surface area contributed by atoms with Crippen molar-refractivity contribution in [3.63, 3.8) is 0 Å². The lowest BCUT2D eigenvalue weighted by atomic mass is 9.55. The molecule has 7 rings (SSSR count). The van der Waals surface area contributed by atoms with E-state index in [1.165, 1.54) is 17.5 Å². The molecule has 2 aliphatic carbocycles. The third kappa shape index (κ3) is 3.80. The molecule has 5 aliphatic rings. The van der Waals surface area contributed by atoms with E-state index >= 15 is 0 Å². The Morgan fingerprint density at radius 1 is 0.892 bits per heavy atom. The van der Waals surface area contributed by atoms with Crippen LogP contribution in [0.1, 0.15) is 56.7 Å². The second-order valence-electron chi connectivity index (χ2n) is 12.6. The van der Waals surface area contributed by atoms with E-state index in [0.29, 0.717) is 17.8 Å². The summed E-state index contributed by atoms with van der Waals surface area (Å²) in [6.45, 7) is 9.38. The van der Waals surface area contributed by atoms with Crippen LogP contribution in [0.25, 0.3) is 0 Å². The highest BCUT2D eigenvalue weighted by molar-refractivity contribution is 5.77. The lowest BCUT2D eigenvalue weighted by molar-refractivity contribution is -0.168. The number of carbonyl (C=O) groups excluding carboxylic acids is 1. The molecule has 0 bridgehead atoms. The van der Waals surface area contributed by atoms with Gasteiger partial charge >= 0.3 is 5.97 Å². The van der Waals surface area contributed by atoms with Crippen molar-refractivity contribution in [1.82, 2.24) is 9.80 Å². The fourth-order valence-corrected chi connectivity index (χ4v) is 8.63. The lowest BCUT2D eigenvalue weighted by Crippen LogP contribution is -2.58. The average molecular weight is 501 g/mol. The molecule has 2 aromatic rings. The first-order valence-electron chi connectivity index (χ1n) is 14.5. The van der Waals surface area contributed by atoms with E-state index in [1.54, 1.807) is 0 Å². The Morgan fingerprint density at radius 3 is 2.19 bits per heavy atom. The van der Waals surface area contributed by atoms with Gasteiger partial charge in [-0.05, 0) is 49.7 Å². The van der Waals surface area contributed by atoms with E-state index in [4.69, 9.17) is 9.47 Å². The van der Waals surface area contributed by atoms with E-state index in [9.17, 15) is 4.79 Å². The molecule has 5 nitrogen and oxygen atoms in total. The molecule has 3 heterocycles. The molecular weight excluding hydrogens is 460 g/mol. The Morgan fingerprint density at radius 2 is 1.54 bits per heavy atom. The fraction of sp³-hybridized carbons (Fsp3) is 0.594. The van der Waals surface area contributed by atoms with Gasteiger partial charge in [0.05, 0.1) is 17.6 Å². The topological polar surface area (TPSA) is 45.3 Å². The molecule has 0 aromatic heterocycles. The number of hydrogen-bond donors (Lipinski definition) is 0. The summed E-state index contributed by atoms with van der Waals surface area (Å²) < 4.78 is 12.8. The highest BCUT2D eigenvalue weighted by Gasteiger charge is 2.77. The Bertz CT molecular complexity index is 1090. The quantitative estimate of drug-likeness (QED) is 0.431.